The number of aldehydes is 1. The third-order valence-electron chi connectivity index (χ3n) is 5.63. The highest BCUT2D eigenvalue weighted by Gasteiger charge is 2.72. The van der Waals surface area contributed by atoms with Crippen molar-refractivity contribution in [3.63, 3.8) is 0 Å². The van der Waals surface area contributed by atoms with Gasteiger partial charge < -0.3 is 14.3 Å². The van der Waals surface area contributed by atoms with Gasteiger partial charge in [0, 0.05) is 31.3 Å². The van der Waals surface area contributed by atoms with E-state index in [0.717, 1.165) is 6.29 Å². The van der Waals surface area contributed by atoms with Crippen LogP contribution in [0.1, 0.15) is 40.0 Å². The number of carbonyl (C=O) groups excluding carboxylic acids is 2. The van der Waals surface area contributed by atoms with Crippen LogP contribution in [0.3, 0.4) is 0 Å². The van der Waals surface area contributed by atoms with Gasteiger partial charge in [0.1, 0.15) is 18.9 Å². The van der Waals surface area contributed by atoms with Crippen LogP contribution in [0.25, 0.3) is 0 Å². The fourth-order valence-electron chi connectivity index (χ4n) is 4.03. The largest absolute Gasteiger partial charge is 0.359 e. The molecule has 0 N–H and O–H groups in total. The summed E-state index contributed by atoms with van der Waals surface area (Å²) in [4.78, 5) is 23.2. The Morgan fingerprint density at radius 3 is 2.61 bits per heavy atom. The van der Waals surface area contributed by atoms with Gasteiger partial charge >= 0.3 is 0 Å². The van der Waals surface area contributed by atoms with Crippen LogP contribution in [0.5, 0.6) is 0 Å². The molecular weight excluding hydrogens is 232 g/mol. The Balaban J connectivity index is 2.41. The van der Waals surface area contributed by atoms with E-state index in [1.54, 1.807) is 7.11 Å². The Kier molecular flexibility index (Phi) is 3.14. The summed E-state index contributed by atoms with van der Waals surface area (Å²) in [6, 6.07) is 0. The maximum Gasteiger partial charge on any atom is 0.147 e. The topological polar surface area (TPSA) is 52.6 Å². The Bertz CT molecular complexity index is 376. The highest BCUT2D eigenvalue weighted by molar-refractivity contribution is 5.88. The lowest BCUT2D eigenvalue weighted by Gasteiger charge is -2.51. The molecule has 3 atom stereocenters. The second kappa shape index (κ2) is 4.14. The van der Waals surface area contributed by atoms with Crippen LogP contribution in [0.4, 0.5) is 0 Å². The average molecular weight is 254 g/mol. The summed E-state index contributed by atoms with van der Waals surface area (Å²) in [5.74, 6) is 0.263. The fraction of sp³-hybridized carbons (Fsp3) is 0.857. The Hall–Kier alpha value is -0.740. The van der Waals surface area contributed by atoms with Gasteiger partial charge in [0.15, 0.2) is 0 Å². The molecule has 0 amide bonds. The number of Topliss-reactive ketones (excluding diaryl/α,β-unsaturated/α-hetero) is 1. The van der Waals surface area contributed by atoms with E-state index in [1.807, 2.05) is 0 Å². The fourth-order valence-corrected chi connectivity index (χ4v) is 4.03. The number of hydrogen-bond donors (Lipinski definition) is 0. The average Bonchev–Trinajstić information content (AvgIpc) is 2.71. The maximum absolute atomic E-state index is 12.1. The SMILES string of the molecule is COCO[C@@]12CC(=O)[C@@H](C1)C(C)(C)[C@]2(C)CC=O. The molecule has 0 aromatic heterocycles. The Morgan fingerprint density at radius 2 is 2.06 bits per heavy atom. The first-order valence-electron chi connectivity index (χ1n) is 6.44. The van der Waals surface area contributed by atoms with E-state index in [1.165, 1.54) is 0 Å². The van der Waals surface area contributed by atoms with Crippen molar-refractivity contribution in [3.05, 3.63) is 0 Å². The van der Waals surface area contributed by atoms with E-state index in [4.69, 9.17) is 9.47 Å². The molecule has 0 unspecified atom stereocenters. The number of carbonyl (C=O) groups is 2. The van der Waals surface area contributed by atoms with Gasteiger partial charge in [0.05, 0.1) is 5.60 Å². The number of ether oxygens (including phenoxy) is 2. The molecule has 2 aliphatic rings. The van der Waals surface area contributed by atoms with Crippen molar-refractivity contribution in [3.8, 4) is 0 Å². The molecule has 0 aromatic rings. The van der Waals surface area contributed by atoms with Crippen molar-refractivity contribution in [2.24, 2.45) is 16.7 Å². The zero-order valence-corrected chi connectivity index (χ0v) is 11.6. The molecular formula is C14H22O4. The lowest BCUT2D eigenvalue weighted by atomic mass is 9.55. The van der Waals surface area contributed by atoms with E-state index in [0.29, 0.717) is 19.3 Å². The monoisotopic (exact) mass is 254 g/mol. The van der Waals surface area contributed by atoms with Gasteiger partial charge in [0.25, 0.3) is 0 Å². The predicted octanol–water partition coefficient (Wildman–Crippen LogP) is 1.96. The zero-order valence-electron chi connectivity index (χ0n) is 11.6. The van der Waals surface area contributed by atoms with Crippen molar-refractivity contribution >= 4 is 12.1 Å². The molecule has 2 bridgehead atoms. The van der Waals surface area contributed by atoms with Crippen molar-refractivity contribution in [2.45, 2.75) is 45.6 Å². The number of rotatable bonds is 5. The van der Waals surface area contributed by atoms with Gasteiger partial charge in [-0.1, -0.05) is 20.8 Å². The van der Waals surface area contributed by atoms with Crippen LogP contribution in [0.2, 0.25) is 0 Å². The normalized spacial score (nSPS) is 41.3. The predicted molar refractivity (Wildman–Crippen MR) is 66.0 cm³/mol. The Morgan fingerprint density at radius 1 is 1.39 bits per heavy atom. The molecule has 2 rings (SSSR count). The van der Waals surface area contributed by atoms with Gasteiger partial charge in [-0.3, -0.25) is 4.79 Å². The molecule has 2 aliphatic carbocycles. The second-order valence-corrected chi connectivity index (χ2v) is 6.37. The van der Waals surface area contributed by atoms with Crippen LogP contribution in [-0.2, 0) is 19.1 Å². The van der Waals surface area contributed by atoms with Gasteiger partial charge in [0.2, 0.25) is 0 Å². The smallest absolute Gasteiger partial charge is 0.147 e. The number of ketones is 1. The third kappa shape index (κ3) is 1.45. The van der Waals surface area contributed by atoms with Crippen molar-refractivity contribution in [1.82, 2.24) is 0 Å². The summed E-state index contributed by atoms with van der Waals surface area (Å²) >= 11 is 0. The Labute approximate surface area is 108 Å². The lowest BCUT2D eigenvalue weighted by molar-refractivity contribution is -0.197. The molecule has 0 aliphatic heterocycles. The highest BCUT2D eigenvalue weighted by atomic mass is 16.7. The minimum absolute atomic E-state index is 0.000642. The quantitative estimate of drug-likeness (QED) is 0.556. The van der Waals surface area contributed by atoms with Crippen LogP contribution in [0.15, 0.2) is 0 Å². The zero-order chi connectivity index (χ0) is 13.6. The molecule has 0 saturated heterocycles. The summed E-state index contributed by atoms with van der Waals surface area (Å²) in [6.45, 7) is 6.40. The first-order valence-corrected chi connectivity index (χ1v) is 6.44. The molecule has 102 valence electrons. The number of methoxy groups -OCH3 is 1. The molecule has 0 aromatic carbocycles. The van der Waals surface area contributed by atoms with E-state index in [-0.39, 0.29) is 29.3 Å². The standard InChI is InChI=1S/C14H22O4/c1-12(2)10-7-14(8-11(10)16,18-9-17-4)13(12,3)5-6-15/h6,10H,5,7-9H2,1-4H3/t10-,13+,14-/m1/s1. The van der Waals surface area contributed by atoms with Gasteiger partial charge in [-0.15, -0.1) is 0 Å². The second-order valence-electron chi connectivity index (χ2n) is 6.37. The highest BCUT2D eigenvalue weighted by Crippen LogP contribution is 2.69. The van der Waals surface area contributed by atoms with Gasteiger partial charge in [-0.05, 0) is 11.8 Å². The van der Waals surface area contributed by atoms with Crippen molar-refractivity contribution in [2.75, 3.05) is 13.9 Å². The maximum atomic E-state index is 12.1. The van der Waals surface area contributed by atoms with E-state index >= 15 is 0 Å². The molecule has 4 heteroatoms. The van der Waals surface area contributed by atoms with E-state index < -0.39 is 5.60 Å². The molecule has 0 spiro atoms. The van der Waals surface area contributed by atoms with Crippen LogP contribution in [-0.4, -0.2) is 31.6 Å². The molecule has 18 heavy (non-hydrogen) atoms. The lowest BCUT2D eigenvalue weighted by Crippen LogP contribution is -2.54. The summed E-state index contributed by atoms with van der Waals surface area (Å²) in [5, 5.41) is 0. The van der Waals surface area contributed by atoms with Crippen molar-refractivity contribution < 1.29 is 19.1 Å². The molecule has 4 nitrogen and oxygen atoms in total. The number of hydrogen-bond acceptors (Lipinski definition) is 4. The molecule has 0 radical (unpaired) electrons. The van der Waals surface area contributed by atoms with Gasteiger partial charge in [-0.2, -0.15) is 0 Å². The first kappa shape index (κ1) is 13.7. The third-order valence-corrected chi connectivity index (χ3v) is 5.63. The van der Waals surface area contributed by atoms with Crippen LogP contribution in [0, 0.1) is 16.7 Å². The summed E-state index contributed by atoms with van der Waals surface area (Å²) in [7, 11) is 1.57. The molecule has 2 saturated carbocycles. The van der Waals surface area contributed by atoms with Gasteiger partial charge in [-0.25, -0.2) is 0 Å². The van der Waals surface area contributed by atoms with Crippen LogP contribution < -0.4 is 0 Å². The van der Waals surface area contributed by atoms with Crippen LogP contribution >= 0.6 is 0 Å². The number of fused-ring (bicyclic) bond motifs is 2. The summed E-state index contributed by atoms with van der Waals surface area (Å²) < 4.78 is 10.9. The molecule has 2 fully saturated rings. The minimum Gasteiger partial charge on any atom is -0.359 e. The molecule has 0 heterocycles. The minimum atomic E-state index is -0.533. The van der Waals surface area contributed by atoms with E-state index in [2.05, 4.69) is 20.8 Å². The first-order chi connectivity index (χ1) is 8.34. The van der Waals surface area contributed by atoms with Crippen molar-refractivity contribution in [1.29, 1.82) is 0 Å². The van der Waals surface area contributed by atoms with E-state index in [9.17, 15) is 9.59 Å². The summed E-state index contributed by atoms with van der Waals surface area (Å²) in [6.07, 6.45) is 2.50. The summed E-state index contributed by atoms with van der Waals surface area (Å²) in [5.41, 5.74) is -1.05.